The van der Waals surface area contributed by atoms with Crippen LogP contribution in [0.4, 0.5) is 0 Å². The molecule has 122 valence electrons. The first-order valence-electron chi connectivity index (χ1n) is 8.10. The second-order valence-corrected chi connectivity index (χ2v) is 9.11. The molecule has 0 radical (unpaired) electrons. The molecule has 1 aromatic carbocycles. The Hall–Kier alpha value is -0.580. The molecule has 0 saturated heterocycles. The molecule has 1 aromatic rings. The van der Waals surface area contributed by atoms with E-state index in [2.05, 4.69) is 4.72 Å². The van der Waals surface area contributed by atoms with Gasteiger partial charge in [0, 0.05) is 6.04 Å². The van der Waals surface area contributed by atoms with Crippen molar-refractivity contribution in [1.82, 2.24) is 4.72 Å². The average Bonchev–Trinajstić information content (AvgIpc) is 2.42. The molecular formula is C17H24ClNO2S. The number of sulfonamides is 1. The zero-order valence-electron chi connectivity index (χ0n) is 12.9. The number of rotatable bonds is 3. The summed E-state index contributed by atoms with van der Waals surface area (Å²) >= 11 is 0. The molecule has 4 aliphatic rings. The molecule has 0 unspecified atom stereocenters. The summed E-state index contributed by atoms with van der Waals surface area (Å²) in [6.45, 7) is 1.93. The van der Waals surface area contributed by atoms with E-state index in [0.717, 1.165) is 17.4 Å². The Kier molecular flexibility index (Phi) is 4.30. The van der Waals surface area contributed by atoms with Crippen LogP contribution >= 0.6 is 12.4 Å². The van der Waals surface area contributed by atoms with Crippen molar-refractivity contribution in [2.75, 3.05) is 0 Å². The molecule has 4 bridgehead atoms. The van der Waals surface area contributed by atoms with Gasteiger partial charge >= 0.3 is 0 Å². The van der Waals surface area contributed by atoms with Gasteiger partial charge in [-0.1, -0.05) is 12.1 Å². The van der Waals surface area contributed by atoms with Crippen LogP contribution in [0.2, 0.25) is 0 Å². The maximum absolute atomic E-state index is 12.7. The van der Waals surface area contributed by atoms with Crippen molar-refractivity contribution in [3.8, 4) is 0 Å². The molecule has 0 spiro atoms. The van der Waals surface area contributed by atoms with E-state index in [1.807, 2.05) is 19.1 Å². The smallest absolute Gasteiger partial charge is 0.208 e. The van der Waals surface area contributed by atoms with Gasteiger partial charge in [0.1, 0.15) is 0 Å². The summed E-state index contributed by atoms with van der Waals surface area (Å²) in [6, 6.07) is 7.38. The fourth-order valence-corrected chi connectivity index (χ4v) is 6.63. The fraction of sp³-hybridized carbons (Fsp3) is 0.647. The summed E-state index contributed by atoms with van der Waals surface area (Å²) in [5.41, 5.74) is 0.989. The van der Waals surface area contributed by atoms with E-state index >= 15 is 0 Å². The lowest BCUT2D eigenvalue weighted by molar-refractivity contribution is -0.00557. The Morgan fingerprint density at radius 2 is 1.59 bits per heavy atom. The molecule has 0 heterocycles. The number of aryl methyl sites for hydroxylation is 1. The minimum Gasteiger partial charge on any atom is -0.208 e. The third-order valence-electron chi connectivity index (χ3n) is 5.82. The van der Waals surface area contributed by atoms with Crippen molar-refractivity contribution < 1.29 is 8.42 Å². The summed E-state index contributed by atoms with van der Waals surface area (Å²) < 4.78 is 28.4. The molecule has 4 fully saturated rings. The molecule has 0 atom stereocenters. The summed E-state index contributed by atoms with van der Waals surface area (Å²) in [5, 5.41) is 0. The van der Waals surface area contributed by atoms with Crippen LogP contribution in [0.15, 0.2) is 29.2 Å². The van der Waals surface area contributed by atoms with E-state index in [9.17, 15) is 8.42 Å². The van der Waals surface area contributed by atoms with Gasteiger partial charge in [0.25, 0.3) is 0 Å². The highest BCUT2D eigenvalue weighted by atomic mass is 35.5. The van der Waals surface area contributed by atoms with Gasteiger partial charge in [-0.2, -0.15) is 0 Å². The van der Waals surface area contributed by atoms with E-state index in [0.29, 0.717) is 16.7 Å². The van der Waals surface area contributed by atoms with Crippen molar-refractivity contribution in [3.63, 3.8) is 0 Å². The summed E-state index contributed by atoms with van der Waals surface area (Å²) in [5.74, 6) is 2.88. The quantitative estimate of drug-likeness (QED) is 0.914. The highest BCUT2D eigenvalue weighted by Gasteiger charge is 2.49. The summed E-state index contributed by atoms with van der Waals surface area (Å²) in [6.07, 6.45) is 6.31. The van der Waals surface area contributed by atoms with Gasteiger partial charge in [-0.3, -0.25) is 0 Å². The van der Waals surface area contributed by atoms with Crippen molar-refractivity contribution in [1.29, 1.82) is 0 Å². The van der Waals surface area contributed by atoms with Gasteiger partial charge in [0.2, 0.25) is 10.0 Å². The van der Waals surface area contributed by atoms with Gasteiger partial charge in [-0.15, -0.1) is 12.4 Å². The lowest BCUT2D eigenvalue weighted by atomic mass is 9.54. The predicted molar refractivity (Wildman–Crippen MR) is 89.6 cm³/mol. The lowest BCUT2D eigenvalue weighted by Gasteiger charge is -2.54. The maximum atomic E-state index is 12.7. The molecule has 0 aromatic heterocycles. The SMILES string of the molecule is Cc1cccc(S(=O)(=O)NC2C3CC4CC(C3)CC2C4)c1.Cl. The van der Waals surface area contributed by atoms with Crippen LogP contribution in [0, 0.1) is 30.6 Å². The minimum atomic E-state index is -3.38. The van der Waals surface area contributed by atoms with Crippen LogP contribution in [-0.4, -0.2) is 14.5 Å². The van der Waals surface area contributed by atoms with Gasteiger partial charge in [-0.25, -0.2) is 13.1 Å². The monoisotopic (exact) mass is 341 g/mol. The number of hydrogen-bond acceptors (Lipinski definition) is 2. The fourth-order valence-electron chi connectivity index (χ4n) is 5.15. The second kappa shape index (κ2) is 5.81. The molecule has 0 amide bonds. The molecule has 1 N–H and O–H groups in total. The minimum absolute atomic E-state index is 0. The average molecular weight is 342 g/mol. The van der Waals surface area contributed by atoms with Crippen LogP contribution in [0.5, 0.6) is 0 Å². The molecule has 22 heavy (non-hydrogen) atoms. The van der Waals surface area contributed by atoms with Crippen LogP contribution < -0.4 is 4.72 Å². The third-order valence-corrected chi connectivity index (χ3v) is 7.27. The molecule has 4 aliphatic carbocycles. The highest BCUT2D eigenvalue weighted by molar-refractivity contribution is 7.89. The maximum Gasteiger partial charge on any atom is 0.240 e. The number of hydrogen-bond donors (Lipinski definition) is 1. The number of benzene rings is 1. The number of nitrogens with one attached hydrogen (secondary N) is 1. The standard InChI is InChI=1S/C17H23NO2S.ClH/c1-11-3-2-4-16(5-11)21(19,20)18-17-14-7-12-6-13(9-14)10-15(17)8-12;/h2-5,12-15,17-18H,6-10H2,1H3;1H. The second-order valence-electron chi connectivity index (χ2n) is 7.39. The van der Waals surface area contributed by atoms with E-state index in [4.69, 9.17) is 0 Å². The first-order chi connectivity index (χ1) is 10.0. The van der Waals surface area contributed by atoms with E-state index < -0.39 is 10.0 Å². The van der Waals surface area contributed by atoms with E-state index in [1.54, 1.807) is 12.1 Å². The van der Waals surface area contributed by atoms with Gasteiger partial charge < -0.3 is 0 Å². The zero-order valence-corrected chi connectivity index (χ0v) is 14.5. The Morgan fingerprint density at radius 3 is 2.14 bits per heavy atom. The van der Waals surface area contributed by atoms with Crippen molar-refractivity contribution >= 4 is 22.4 Å². The molecular weight excluding hydrogens is 318 g/mol. The van der Waals surface area contributed by atoms with E-state index in [-0.39, 0.29) is 18.4 Å². The highest BCUT2D eigenvalue weighted by Crippen LogP contribution is 2.53. The molecule has 3 nitrogen and oxygen atoms in total. The van der Waals surface area contributed by atoms with Gasteiger partial charge in [0.05, 0.1) is 4.90 Å². The largest absolute Gasteiger partial charge is 0.240 e. The summed E-state index contributed by atoms with van der Waals surface area (Å²) in [7, 11) is -3.38. The number of halogens is 1. The van der Waals surface area contributed by atoms with Crippen LogP contribution in [-0.2, 0) is 10.0 Å². The van der Waals surface area contributed by atoms with Gasteiger partial charge in [-0.05, 0) is 80.4 Å². The van der Waals surface area contributed by atoms with E-state index in [1.165, 1.54) is 32.1 Å². The topological polar surface area (TPSA) is 46.2 Å². The first kappa shape index (κ1) is 16.3. The Bertz CT molecular complexity index is 630. The van der Waals surface area contributed by atoms with Crippen molar-refractivity contribution in [2.24, 2.45) is 23.7 Å². The molecule has 4 saturated carbocycles. The van der Waals surface area contributed by atoms with Crippen LogP contribution in [0.25, 0.3) is 0 Å². The predicted octanol–water partition coefficient (Wildman–Crippen LogP) is 3.52. The zero-order chi connectivity index (χ0) is 14.6. The molecule has 0 aliphatic heterocycles. The Labute approximate surface area is 139 Å². The first-order valence-corrected chi connectivity index (χ1v) is 9.58. The molecule has 5 rings (SSSR count). The summed E-state index contributed by atoms with van der Waals surface area (Å²) in [4.78, 5) is 0.413. The van der Waals surface area contributed by atoms with Crippen molar-refractivity contribution in [2.45, 2.75) is 50.0 Å². The normalized spacial score (nSPS) is 36.1. The molecule has 5 heteroatoms. The Morgan fingerprint density at radius 1 is 1.00 bits per heavy atom. The van der Waals surface area contributed by atoms with Crippen molar-refractivity contribution in [3.05, 3.63) is 29.8 Å². The van der Waals surface area contributed by atoms with Gasteiger partial charge in [0.15, 0.2) is 0 Å². The Balaban J connectivity index is 0.00000144. The third kappa shape index (κ3) is 2.81. The lowest BCUT2D eigenvalue weighted by Crippen LogP contribution is -2.55. The van der Waals surface area contributed by atoms with Crippen LogP contribution in [0.1, 0.15) is 37.7 Å². The van der Waals surface area contributed by atoms with Crippen LogP contribution in [0.3, 0.4) is 0 Å².